The molecule has 4 aromatic rings. The molecule has 0 radical (unpaired) electrons. The van der Waals surface area contributed by atoms with E-state index in [0.29, 0.717) is 0 Å². The summed E-state index contributed by atoms with van der Waals surface area (Å²) in [5, 5.41) is 0. The van der Waals surface area contributed by atoms with Crippen molar-refractivity contribution >= 4 is 20.5 Å². The molecule has 0 saturated carbocycles. The highest BCUT2D eigenvalue weighted by molar-refractivity contribution is 6.09. The zero-order valence-electron chi connectivity index (χ0n) is 19.2. The Hall–Kier alpha value is -3.13. The highest BCUT2D eigenvalue weighted by Crippen LogP contribution is 2.34. The van der Waals surface area contributed by atoms with E-state index in [9.17, 15) is 0 Å². The average Bonchev–Trinajstić information content (AvgIpc) is 2.86. The minimum absolute atomic E-state index is 0.0497. The Labute approximate surface area is 202 Å². The summed E-state index contributed by atoms with van der Waals surface area (Å²) in [6.45, 7) is 0. The van der Waals surface area contributed by atoms with Gasteiger partial charge in [-0.05, 0) is 71.7 Å². The summed E-state index contributed by atoms with van der Waals surface area (Å²) in [5.41, 5.74) is 2.32. The van der Waals surface area contributed by atoms with Crippen molar-refractivity contribution in [1.82, 2.24) is 0 Å². The topological polar surface area (TPSA) is 27.7 Å². The number of hydrogen-bond acceptors (Lipinski definition) is 3. The van der Waals surface area contributed by atoms with E-state index in [4.69, 9.17) is 14.2 Å². The van der Waals surface area contributed by atoms with Gasteiger partial charge in [-0.25, -0.2) is 0 Å². The molecule has 4 aromatic carbocycles. The van der Waals surface area contributed by atoms with Crippen LogP contribution in [0.4, 0.5) is 0 Å². The number of hydrogen-bond donors (Lipinski definition) is 0. The SMILES string of the molecule is [SiH3]CC(OC(C[SiH3])c1cccc(Oc2ccccc2)c1)c1cccc(Oc2ccccc2)c1. The van der Waals surface area contributed by atoms with Crippen molar-refractivity contribution in [3.05, 3.63) is 120 Å². The van der Waals surface area contributed by atoms with Crippen molar-refractivity contribution in [2.45, 2.75) is 24.3 Å². The predicted molar refractivity (Wildman–Crippen MR) is 142 cm³/mol. The van der Waals surface area contributed by atoms with Crippen LogP contribution in [0.1, 0.15) is 23.3 Å². The zero-order valence-corrected chi connectivity index (χ0v) is 23.2. The first-order valence-corrected chi connectivity index (χ1v) is 14.4. The van der Waals surface area contributed by atoms with Crippen LogP contribution in [-0.4, -0.2) is 20.5 Å². The van der Waals surface area contributed by atoms with E-state index in [0.717, 1.165) is 66.7 Å². The van der Waals surface area contributed by atoms with Gasteiger partial charge in [-0.3, -0.25) is 0 Å². The molecule has 5 heteroatoms. The van der Waals surface area contributed by atoms with Crippen LogP contribution >= 0.6 is 0 Å². The first kappa shape index (κ1) is 23.0. The van der Waals surface area contributed by atoms with E-state index in [1.54, 1.807) is 0 Å². The molecule has 0 heterocycles. The van der Waals surface area contributed by atoms with Crippen LogP contribution in [0.2, 0.25) is 12.1 Å². The fraction of sp³-hybridized carbons (Fsp3) is 0.143. The number of benzene rings is 4. The van der Waals surface area contributed by atoms with Gasteiger partial charge < -0.3 is 14.2 Å². The Kier molecular flexibility index (Phi) is 8.14. The van der Waals surface area contributed by atoms with Crippen LogP contribution in [-0.2, 0) is 4.74 Å². The third kappa shape index (κ3) is 6.45. The molecule has 0 spiro atoms. The van der Waals surface area contributed by atoms with Gasteiger partial charge in [0, 0.05) is 20.5 Å². The molecule has 168 valence electrons. The van der Waals surface area contributed by atoms with Gasteiger partial charge in [0.25, 0.3) is 0 Å². The van der Waals surface area contributed by atoms with Crippen molar-refractivity contribution in [2.24, 2.45) is 0 Å². The van der Waals surface area contributed by atoms with Gasteiger partial charge in [0.2, 0.25) is 0 Å². The van der Waals surface area contributed by atoms with Crippen LogP contribution in [0.5, 0.6) is 23.0 Å². The zero-order chi connectivity index (χ0) is 22.9. The second-order valence-electron chi connectivity index (χ2n) is 7.91. The molecular weight excluding hydrogens is 440 g/mol. The van der Waals surface area contributed by atoms with Gasteiger partial charge in [-0.1, -0.05) is 60.7 Å². The molecular formula is C28H30O3Si2. The molecule has 0 bridgehead atoms. The average molecular weight is 471 g/mol. The highest BCUT2D eigenvalue weighted by Gasteiger charge is 2.19. The molecule has 3 nitrogen and oxygen atoms in total. The fourth-order valence-corrected chi connectivity index (χ4v) is 5.15. The smallest absolute Gasteiger partial charge is 0.127 e. The summed E-state index contributed by atoms with van der Waals surface area (Å²) in [4.78, 5) is 0. The van der Waals surface area contributed by atoms with E-state index in [1.165, 1.54) is 0 Å². The van der Waals surface area contributed by atoms with Gasteiger partial charge in [0.05, 0.1) is 12.2 Å². The number of rotatable bonds is 10. The highest BCUT2D eigenvalue weighted by atomic mass is 28.1. The standard InChI is InChI=1S/C28H30O3Si2/c32-19-27(21-9-7-15-25(17-21)29-23-11-3-1-4-12-23)31-28(20-33)22-10-8-16-26(18-22)30-24-13-5-2-6-14-24/h1-18,27-28H,19-20H2,32-33H3. The van der Waals surface area contributed by atoms with Crippen molar-refractivity contribution in [3.8, 4) is 23.0 Å². The minimum Gasteiger partial charge on any atom is -0.457 e. The predicted octanol–water partition coefficient (Wildman–Crippen LogP) is 5.64. The summed E-state index contributed by atoms with van der Waals surface area (Å²) in [5.74, 6) is 3.35. The molecule has 0 amide bonds. The lowest BCUT2D eigenvalue weighted by Crippen LogP contribution is -2.10. The van der Waals surface area contributed by atoms with E-state index in [-0.39, 0.29) is 12.2 Å². The third-order valence-corrected chi connectivity index (χ3v) is 6.97. The van der Waals surface area contributed by atoms with Gasteiger partial charge >= 0.3 is 0 Å². The Balaban J connectivity index is 1.49. The summed E-state index contributed by atoms with van der Waals surface area (Å²) in [6.07, 6.45) is 0.0993. The monoisotopic (exact) mass is 470 g/mol. The second kappa shape index (κ2) is 11.7. The van der Waals surface area contributed by atoms with Gasteiger partial charge in [-0.15, -0.1) is 0 Å². The summed E-state index contributed by atoms with van der Waals surface area (Å²) in [7, 11) is 2.11. The van der Waals surface area contributed by atoms with Crippen LogP contribution in [0, 0.1) is 0 Å². The molecule has 0 aliphatic rings. The van der Waals surface area contributed by atoms with Gasteiger partial charge in [0.15, 0.2) is 0 Å². The third-order valence-electron chi connectivity index (χ3n) is 5.49. The Bertz CT molecular complexity index is 1040. The molecule has 2 atom stereocenters. The molecule has 33 heavy (non-hydrogen) atoms. The van der Waals surface area contributed by atoms with Gasteiger partial charge in [-0.2, -0.15) is 0 Å². The van der Waals surface area contributed by atoms with E-state index in [2.05, 4.69) is 24.3 Å². The molecule has 4 rings (SSSR count). The molecule has 2 unspecified atom stereocenters. The van der Waals surface area contributed by atoms with Crippen molar-refractivity contribution < 1.29 is 14.2 Å². The lowest BCUT2D eigenvalue weighted by molar-refractivity contribution is 0.00652. The first-order chi connectivity index (χ1) is 16.2. The van der Waals surface area contributed by atoms with E-state index in [1.807, 2.05) is 84.9 Å². The van der Waals surface area contributed by atoms with Crippen LogP contribution < -0.4 is 9.47 Å². The molecule has 0 aliphatic carbocycles. The lowest BCUT2D eigenvalue weighted by atomic mass is 10.1. The maximum atomic E-state index is 6.69. The van der Waals surface area contributed by atoms with Crippen LogP contribution in [0.3, 0.4) is 0 Å². The minimum atomic E-state index is 0.0497. The van der Waals surface area contributed by atoms with Crippen LogP contribution in [0.25, 0.3) is 0 Å². The molecule has 0 aromatic heterocycles. The Morgan fingerprint density at radius 1 is 0.485 bits per heavy atom. The van der Waals surface area contributed by atoms with E-state index >= 15 is 0 Å². The quantitative estimate of drug-likeness (QED) is 0.281. The molecule has 0 fully saturated rings. The molecule has 0 N–H and O–H groups in total. The number of para-hydroxylation sites is 2. The summed E-state index contributed by atoms with van der Waals surface area (Å²) in [6, 6.07) is 38.4. The maximum absolute atomic E-state index is 6.69. The Morgan fingerprint density at radius 3 is 1.27 bits per heavy atom. The van der Waals surface area contributed by atoms with E-state index < -0.39 is 0 Å². The van der Waals surface area contributed by atoms with Crippen molar-refractivity contribution in [2.75, 3.05) is 0 Å². The first-order valence-electron chi connectivity index (χ1n) is 11.6. The van der Waals surface area contributed by atoms with Crippen molar-refractivity contribution in [3.63, 3.8) is 0 Å². The lowest BCUT2D eigenvalue weighted by Gasteiger charge is -2.25. The summed E-state index contributed by atoms with van der Waals surface area (Å²) < 4.78 is 18.8. The maximum Gasteiger partial charge on any atom is 0.127 e. The van der Waals surface area contributed by atoms with Crippen LogP contribution in [0.15, 0.2) is 109 Å². The van der Waals surface area contributed by atoms with Gasteiger partial charge in [0.1, 0.15) is 23.0 Å². The fourth-order valence-electron chi connectivity index (χ4n) is 3.83. The molecule has 0 saturated heterocycles. The number of ether oxygens (including phenoxy) is 3. The largest absolute Gasteiger partial charge is 0.457 e. The Morgan fingerprint density at radius 2 is 0.879 bits per heavy atom. The molecule has 0 aliphatic heterocycles. The summed E-state index contributed by atoms with van der Waals surface area (Å²) >= 11 is 0. The van der Waals surface area contributed by atoms with Crippen molar-refractivity contribution in [1.29, 1.82) is 0 Å². The second-order valence-corrected chi connectivity index (χ2v) is 9.54. The normalized spacial score (nSPS) is 12.8.